The molecule has 1 N–H and O–H groups in total. The zero-order valence-corrected chi connectivity index (χ0v) is 16.9. The SMILES string of the molecule is COC(=O)N1CC(COc2cnc(C)nc2N[C@H](C)c2cccc(C(F)F)c2F)C1. The zero-order valence-electron chi connectivity index (χ0n) is 16.9. The molecule has 1 aromatic carbocycles. The van der Waals surface area contributed by atoms with Gasteiger partial charge in [-0.2, -0.15) is 0 Å². The second-order valence-electron chi connectivity index (χ2n) is 7.10. The number of aromatic nitrogens is 2. The zero-order chi connectivity index (χ0) is 21.8. The summed E-state index contributed by atoms with van der Waals surface area (Å²) in [6.45, 7) is 4.71. The molecule has 162 valence electrons. The minimum absolute atomic E-state index is 0.0997. The van der Waals surface area contributed by atoms with Crippen molar-refractivity contribution in [3.05, 3.63) is 47.2 Å². The maximum atomic E-state index is 14.5. The number of likely N-dealkylation sites (tertiary alicyclic amines) is 1. The Balaban J connectivity index is 1.69. The van der Waals surface area contributed by atoms with E-state index in [1.807, 2.05) is 0 Å². The largest absolute Gasteiger partial charge is 0.488 e. The lowest BCUT2D eigenvalue weighted by atomic mass is 10.0. The Kier molecular flexibility index (Phi) is 6.63. The first-order valence-corrected chi connectivity index (χ1v) is 9.42. The number of rotatable bonds is 7. The topological polar surface area (TPSA) is 76.6 Å². The Morgan fingerprint density at radius 1 is 1.33 bits per heavy atom. The van der Waals surface area contributed by atoms with Crippen LogP contribution in [-0.2, 0) is 4.74 Å². The highest BCUT2D eigenvalue weighted by Gasteiger charge is 2.32. The normalized spacial score (nSPS) is 15.0. The van der Waals surface area contributed by atoms with E-state index >= 15 is 0 Å². The monoisotopic (exact) mass is 424 g/mol. The molecule has 10 heteroatoms. The molecule has 1 fully saturated rings. The molecule has 0 aliphatic carbocycles. The van der Waals surface area contributed by atoms with Crippen LogP contribution >= 0.6 is 0 Å². The molecule has 7 nitrogen and oxygen atoms in total. The van der Waals surface area contributed by atoms with Crippen LogP contribution in [0.4, 0.5) is 23.8 Å². The Hall–Kier alpha value is -3.04. The van der Waals surface area contributed by atoms with Crippen LogP contribution < -0.4 is 10.1 Å². The van der Waals surface area contributed by atoms with E-state index in [-0.39, 0.29) is 17.6 Å². The highest BCUT2D eigenvalue weighted by Crippen LogP contribution is 2.31. The number of nitrogens with zero attached hydrogens (tertiary/aromatic N) is 3. The fraction of sp³-hybridized carbons (Fsp3) is 0.450. The van der Waals surface area contributed by atoms with Crippen molar-refractivity contribution < 1.29 is 27.4 Å². The minimum Gasteiger partial charge on any atom is -0.488 e. The Labute approximate surface area is 172 Å². The van der Waals surface area contributed by atoms with Gasteiger partial charge in [0.15, 0.2) is 11.6 Å². The van der Waals surface area contributed by atoms with Gasteiger partial charge in [0.1, 0.15) is 11.6 Å². The van der Waals surface area contributed by atoms with Crippen LogP contribution in [0.1, 0.15) is 36.3 Å². The summed E-state index contributed by atoms with van der Waals surface area (Å²) in [5.74, 6) is 0.351. The molecule has 0 radical (unpaired) electrons. The molecule has 1 saturated heterocycles. The number of methoxy groups -OCH3 is 1. The average Bonchev–Trinajstić information content (AvgIpc) is 2.67. The first kappa shape index (κ1) is 21.7. The van der Waals surface area contributed by atoms with Crippen LogP contribution in [0.15, 0.2) is 24.4 Å². The second-order valence-corrected chi connectivity index (χ2v) is 7.10. The highest BCUT2D eigenvalue weighted by atomic mass is 19.3. The number of hydrogen-bond donors (Lipinski definition) is 1. The van der Waals surface area contributed by atoms with E-state index < -0.39 is 23.8 Å². The van der Waals surface area contributed by atoms with Gasteiger partial charge in [-0.1, -0.05) is 18.2 Å². The van der Waals surface area contributed by atoms with Crippen LogP contribution in [0.2, 0.25) is 0 Å². The molecule has 0 bridgehead atoms. The van der Waals surface area contributed by atoms with Gasteiger partial charge in [-0.25, -0.2) is 27.9 Å². The van der Waals surface area contributed by atoms with Gasteiger partial charge in [0.2, 0.25) is 0 Å². The van der Waals surface area contributed by atoms with Gasteiger partial charge in [0, 0.05) is 24.6 Å². The van der Waals surface area contributed by atoms with Gasteiger partial charge >= 0.3 is 6.09 Å². The second kappa shape index (κ2) is 9.19. The first-order chi connectivity index (χ1) is 14.3. The highest BCUT2D eigenvalue weighted by molar-refractivity contribution is 5.68. The summed E-state index contributed by atoms with van der Waals surface area (Å²) >= 11 is 0. The van der Waals surface area contributed by atoms with Crippen LogP contribution in [-0.4, -0.2) is 47.8 Å². The Morgan fingerprint density at radius 2 is 2.03 bits per heavy atom. The Morgan fingerprint density at radius 3 is 2.70 bits per heavy atom. The number of nitrogens with one attached hydrogen (secondary N) is 1. The lowest BCUT2D eigenvalue weighted by Crippen LogP contribution is -2.52. The van der Waals surface area contributed by atoms with Crippen LogP contribution in [0, 0.1) is 18.7 Å². The third-order valence-corrected chi connectivity index (χ3v) is 4.85. The smallest absolute Gasteiger partial charge is 0.409 e. The molecule has 30 heavy (non-hydrogen) atoms. The molecule has 1 aliphatic rings. The predicted molar refractivity (Wildman–Crippen MR) is 103 cm³/mol. The molecule has 1 aliphatic heterocycles. The maximum absolute atomic E-state index is 14.5. The average molecular weight is 424 g/mol. The lowest BCUT2D eigenvalue weighted by molar-refractivity contribution is 0.0481. The van der Waals surface area contributed by atoms with Crippen molar-refractivity contribution in [2.45, 2.75) is 26.3 Å². The molecular weight excluding hydrogens is 401 g/mol. The summed E-state index contributed by atoms with van der Waals surface area (Å²) in [6.07, 6.45) is -1.78. The van der Waals surface area contributed by atoms with Crippen molar-refractivity contribution in [3.8, 4) is 5.75 Å². The molecule has 2 aromatic rings. The van der Waals surface area contributed by atoms with E-state index in [2.05, 4.69) is 20.0 Å². The third-order valence-electron chi connectivity index (χ3n) is 4.85. The van der Waals surface area contributed by atoms with Gasteiger partial charge in [0.05, 0.1) is 31.5 Å². The number of ether oxygens (including phenoxy) is 2. The molecule has 0 spiro atoms. The van der Waals surface area contributed by atoms with Gasteiger partial charge in [-0.3, -0.25) is 0 Å². The van der Waals surface area contributed by atoms with Crippen LogP contribution in [0.3, 0.4) is 0 Å². The summed E-state index contributed by atoms with van der Waals surface area (Å²) in [7, 11) is 1.33. The number of alkyl halides is 2. The molecule has 1 amide bonds. The van der Waals surface area contributed by atoms with Gasteiger partial charge in [0.25, 0.3) is 6.43 Å². The van der Waals surface area contributed by atoms with Crippen molar-refractivity contribution in [1.82, 2.24) is 14.9 Å². The number of benzene rings is 1. The summed E-state index contributed by atoms with van der Waals surface area (Å²) in [6, 6.07) is 3.27. The maximum Gasteiger partial charge on any atom is 0.409 e. The van der Waals surface area contributed by atoms with Gasteiger partial charge in [-0.05, 0) is 13.8 Å². The molecule has 1 atom stereocenters. The molecule has 3 rings (SSSR count). The lowest BCUT2D eigenvalue weighted by Gasteiger charge is -2.37. The standard InChI is InChI=1S/C20H23F3N4O3/c1-11(14-5-4-6-15(17(14)21)18(22)23)25-19-16(7-24-12(2)26-19)30-10-13-8-27(9-13)20(28)29-3/h4-7,11,13,18H,8-10H2,1-3H3,(H,24,25,26)/t11-/m1/s1. The van der Waals surface area contributed by atoms with E-state index in [4.69, 9.17) is 4.74 Å². The number of carbonyl (C=O) groups excluding carboxylic acids is 1. The Bertz CT molecular complexity index is 907. The van der Waals surface area contributed by atoms with Crippen LogP contribution in [0.25, 0.3) is 0 Å². The summed E-state index contributed by atoms with van der Waals surface area (Å²) in [5.41, 5.74) is -0.542. The van der Waals surface area contributed by atoms with Crippen molar-refractivity contribution >= 4 is 11.9 Å². The molecule has 2 heterocycles. The molecule has 1 aromatic heterocycles. The van der Waals surface area contributed by atoms with E-state index in [0.29, 0.717) is 37.1 Å². The number of aryl methyl sites for hydroxylation is 1. The minimum atomic E-state index is -2.90. The van der Waals surface area contributed by atoms with Crippen molar-refractivity contribution in [2.75, 3.05) is 32.1 Å². The van der Waals surface area contributed by atoms with E-state index in [1.165, 1.54) is 25.4 Å². The number of halogens is 3. The number of amides is 1. The first-order valence-electron chi connectivity index (χ1n) is 9.42. The quantitative estimate of drug-likeness (QED) is 0.721. The number of anilines is 1. The fourth-order valence-corrected chi connectivity index (χ4v) is 3.18. The molecule has 0 saturated carbocycles. The van der Waals surface area contributed by atoms with E-state index in [0.717, 1.165) is 6.07 Å². The third kappa shape index (κ3) is 4.74. The number of hydrogen-bond acceptors (Lipinski definition) is 6. The number of carbonyl (C=O) groups is 1. The predicted octanol–water partition coefficient (Wildman–Crippen LogP) is 4.11. The van der Waals surface area contributed by atoms with Gasteiger partial charge < -0.3 is 19.7 Å². The van der Waals surface area contributed by atoms with E-state index in [9.17, 15) is 18.0 Å². The van der Waals surface area contributed by atoms with E-state index in [1.54, 1.807) is 18.7 Å². The fourth-order valence-electron chi connectivity index (χ4n) is 3.18. The van der Waals surface area contributed by atoms with Gasteiger partial charge in [-0.15, -0.1) is 0 Å². The molecule has 0 unspecified atom stereocenters. The summed E-state index contributed by atoms with van der Waals surface area (Å²) in [5, 5.41) is 3.02. The summed E-state index contributed by atoms with van der Waals surface area (Å²) < 4.78 is 50.9. The summed E-state index contributed by atoms with van der Waals surface area (Å²) in [4.78, 5) is 21.4. The van der Waals surface area contributed by atoms with Crippen molar-refractivity contribution in [3.63, 3.8) is 0 Å². The van der Waals surface area contributed by atoms with Crippen molar-refractivity contribution in [2.24, 2.45) is 5.92 Å². The van der Waals surface area contributed by atoms with Crippen molar-refractivity contribution in [1.29, 1.82) is 0 Å². The molecular formula is C20H23F3N4O3. The van der Waals surface area contributed by atoms with Crippen LogP contribution in [0.5, 0.6) is 5.75 Å².